The van der Waals surface area contributed by atoms with Crippen LogP contribution in [0.25, 0.3) is 60.5 Å². The molecule has 42 heavy (non-hydrogen) atoms. The second-order valence-electron chi connectivity index (χ2n) is 10.6. The molecule has 0 atom stereocenters. The molecule has 9 rings (SSSR count). The van der Waals surface area contributed by atoms with E-state index in [0.717, 1.165) is 33.7 Å². The lowest BCUT2D eigenvalue weighted by Crippen LogP contribution is -2.17. The van der Waals surface area contributed by atoms with Gasteiger partial charge in [-0.3, -0.25) is 9.88 Å². The lowest BCUT2D eigenvalue weighted by atomic mass is 9.90. The lowest BCUT2D eigenvalue weighted by Gasteiger charge is -2.32. The monoisotopic (exact) mass is 537 g/mol. The molecule has 0 spiro atoms. The molecule has 0 unspecified atom stereocenters. The maximum Gasteiger partial charge on any atom is 0.234 e. The number of aromatic nitrogens is 4. The fourth-order valence-electron chi connectivity index (χ4n) is 6.52. The standard InChI is InChI=1S/C37H23N5/c1-2-9-27(10-3-1)41-32-14-13-26(24-15-19-38-20-16-24)21-29(32)31-22-30-28-11-4-7-25-8-5-12-33(36(25)28)42(35(30)23-34(31)41)37-39-17-6-18-40-37/h1-23H. The van der Waals surface area contributed by atoms with Gasteiger partial charge in [-0.1, -0.05) is 54.6 Å². The number of benzene rings is 5. The maximum absolute atomic E-state index is 4.71. The molecule has 0 N–H and O–H groups in total. The third kappa shape index (κ3) is 3.28. The van der Waals surface area contributed by atoms with Gasteiger partial charge >= 0.3 is 0 Å². The summed E-state index contributed by atoms with van der Waals surface area (Å²) in [5.41, 5.74) is 10.3. The van der Waals surface area contributed by atoms with Crippen molar-refractivity contribution in [3.05, 3.63) is 140 Å². The minimum atomic E-state index is 0.655. The van der Waals surface area contributed by atoms with Crippen LogP contribution in [0.15, 0.2) is 140 Å². The van der Waals surface area contributed by atoms with E-state index in [1.54, 1.807) is 0 Å². The molecule has 1 aliphatic rings. The van der Waals surface area contributed by atoms with Crippen LogP contribution in [-0.2, 0) is 0 Å². The van der Waals surface area contributed by atoms with Crippen molar-refractivity contribution in [2.75, 3.05) is 4.90 Å². The minimum Gasteiger partial charge on any atom is -0.309 e. The topological polar surface area (TPSA) is 46.8 Å². The van der Waals surface area contributed by atoms with E-state index < -0.39 is 0 Å². The van der Waals surface area contributed by atoms with Gasteiger partial charge in [0.15, 0.2) is 0 Å². The van der Waals surface area contributed by atoms with Crippen LogP contribution in [0.1, 0.15) is 0 Å². The molecule has 1 aliphatic heterocycles. The Labute approximate surface area is 242 Å². The van der Waals surface area contributed by atoms with Crippen molar-refractivity contribution in [3.8, 4) is 27.9 Å². The Hall–Kier alpha value is -5.81. The molecule has 8 aromatic rings. The van der Waals surface area contributed by atoms with Crippen LogP contribution < -0.4 is 4.90 Å². The Morgan fingerprint density at radius 3 is 2.12 bits per heavy atom. The van der Waals surface area contributed by atoms with Crippen LogP contribution in [0.3, 0.4) is 0 Å². The Balaban J connectivity index is 1.43. The number of nitrogens with zero attached hydrogens (tertiary/aromatic N) is 5. The first-order chi connectivity index (χ1) is 20.8. The van der Waals surface area contributed by atoms with Crippen molar-refractivity contribution < 1.29 is 0 Å². The van der Waals surface area contributed by atoms with Crippen molar-refractivity contribution in [1.29, 1.82) is 0 Å². The highest BCUT2D eigenvalue weighted by molar-refractivity contribution is 6.19. The van der Waals surface area contributed by atoms with Gasteiger partial charge in [0, 0.05) is 52.2 Å². The zero-order chi connectivity index (χ0) is 27.6. The van der Waals surface area contributed by atoms with E-state index in [4.69, 9.17) is 9.97 Å². The third-order valence-corrected chi connectivity index (χ3v) is 8.32. The van der Waals surface area contributed by atoms with Crippen molar-refractivity contribution in [1.82, 2.24) is 19.5 Å². The highest BCUT2D eigenvalue weighted by Crippen LogP contribution is 2.52. The van der Waals surface area contributed by atoms with Crippen LogP contribution >= 0.6 is 0 Å². The number of pyridine rings is 1. The number of anilines is 3. The Morgan fingerprint density at radius 2 is 1.29 bits per heavy atom. The van der Waals surface area contributed by atoms with E-state index in [9.17, 15) is 0 Å². The van der Waals surface area contributed by atoms with Crippen LogP contribution in [0.2, 0.25) is 0 Å². The summed E-state index contributed by atoms with van der Waals surface area (Å²) in [6, 6.07) is 41.0. The van der Waals surface area contributed by atoms with E-state index in [-0.39, 0.29) is 0 Å². The first-order valence-electron chi connectivity index (χ1n) is 14.0. The molecule has 0 amide bonds. The van der Waals surface area contributed by atoms with Gasteiger partial charge in [-0.05, 0) is 82.7 Å². The van der Waals surface area contributed by atoms with Gasteiger partial charge in [0.1, 0.15) is 0 Å². The van der Waals surface area contributed by atoms with Crippen molar-refractivity contribution in [3.63, 3.8) is 0 Å². The van der Waals surface area contributed by atoms with Gasteiger partial charge in [0.05, 0.1) is 22.4 Å². The molecule has 0 bridgehead atoms. The molecule has 196 valence electrons. The van der Waals surface area contributed by atoms with E-state index in [0.29, 0.717) is 5.95 Å². The molecule has 4 heterocycles. The molecule has 0 fully saturated rings. The zero-order valence-electron chi connectivity index (χ0n) is 22.5. The fourth-order valence-corrected chi connectivity index (χ4v) is 6.52. The van der Waals surface area contributed by atoms with E-state index in [1.165, 1.54) is 38.2 Å². The summed E-state index contributed by atoms with van der Waals surface area (Å²) in [7, 11) is 0. The summed E-state index contributed by atoms with van der Waals surface area (Å²) in [6.45, 7) is 0. The second kappa shape index (κ2) is 8.85. The number of fused-ring (bicyclic) bond motifs is 5. The van der Waals surface area contributed by atoms with Gasteiger partial charge in [0.2, 0.25) is 5.95 Å². The molecule has 0 radical (unpaired) electrons. The van der Waals surface area contributed by atoms with Gasteiger partial charge in [-0.15, -0.1) is 0 Å². The first kappa shape index (κ1) is 22.9. The minimum absolute atomic E-state index is 0.655. The molecular weight excluding hydrogens is 514 g/mol. The Morgan fingerprint density at radius 1 is 0.500 bits per heavy atom. The van der Waals surface area contributed by atoms with Crippen LogP contribution in [-0.4, -0.2) is 19.5 Å². The van der Waals surface area contributed by atoms with E-state index in [2.05, 4.69) is 124 Å². The number of para-hydroxylation sites is 1. The predicted molar refractivity (Wildman–Crippen MR) is 171 cm³/mol. The van der Waals surface area contributed by atoms with Crippen LogP contribution in [0, 0.1) is 0 Å². The SMILES string of the molecule is c1ccc(-n2c3ccc(-c4ccncc4)cc3c3cc4c(cc32)N(c2ncccn2)c2cccc3cccc-4c23)cc1. The molecular formula is C37H23N5. The van der Waals surface area contributed by atoms with Gasteiger partial charge < -0.3 is 4.57 Å². The molecule has 5 heteroatoms. The number of rotatable bonds is 3. The summed E-state index contributed by atoms with van der Waals surface area (Å²) in [5, 5.41) is 4.82. The quantitative estimate of drug-likeness (QED) is 0.225. The van der Waals surface area contributed by atoms with Crippen molar-refractivity contribution >= 4 is 49.9 Å². The highest BCUT2D eigenvalue weighted by atomic mass is 15.3. The average Bonchev–Trinajstić information content (AvgIpc) is 3.38. The summed E-state index contributed by atoms with van der Waals surface area (Å²) < 4.78 is 2.37. The molecule has 5 aromatic carbocycles. The first-order valence-corrected chi connectivity index (χ1v) is 14.0. The van der Waals surface area contributed by atoms with Crippen LogP contribution in [0.4, 0.5) is 17.3 Å². The Bertz CT molecular complexity index is 2290. The zero-order valence-corrected chi connectivity index (χ0v) is 22.5. The van der Waals surface area contributed by atoms with E-state index >= 15 is 0 Å². The summed E-state index contributed by atoms with van der Waals surface area (Å²) in [4.78, 5) is 15.9. The number of hydrogen-bond donors (Lipinski definition) is 0. The normalized spacial score (nSPS) is 12.2. The highest BCUT2D eigenvalue weighted by Gasteiger charge is 2.29. The second-order valence-corrected chi connectivity index (χ2v) is 10.6. The molecule has 0 saturated carbocycles. The van der Waals surface area contributed by atoms with Gasteiger partial charge in [0.25, 0.3) is 0 Å². The van der Waals surface area contributed by atoms with Crippen molar-refractivity contribution in [2.24, 2.45) is 0 Å². The maximum atomic E-state index is 4.71. The Kier molecular flexibility index (Phi) is 4.83. The molecule has 0 saturated heterocycles. The average molecular weight is 538 g/mol. The third-order valence-electron chi connectivity index (χ3n) is 8.32. The van der Waals surface area contributed by atoms with E-state index in [1.807, 2.05) is 30.9 Å². The lowest BCUT2D eigenvalue weighted by molar-refractivity contribution is 1.08. The molecule has 5 nitrogen and oxygen atoms in total. The largest absolute Gasteiger partial charge is 0.309 e. The predicted octanol–water partition coefficient (Wildman–Crippen LogP) is 9.24. The summed E-state index contributed by atoms with van der Waals surface area (Å²) in [6.07, 6.45) is 7.31. The molecule has 3 aromatic heterocycles. The van der Waals surface area contributed by atoms with Gasteiger partial charge in [-0.25, -0.2) is 9.97 Å². The van der Waals surface area contributed by atoms with Gasteiger partial charge in [-0.2, -0.15) is 0 Å². The van der Waals surface area contributed by atoms with Crippen molar-refractivity contribution in [2.45, 2.75) is 0 Å². The summed E-state index contributed by atoms with van der Waals surface area (Å²) >= 11 is 0. The smallest absolute Gasteiger partial charge is 0.234 e. The number of hydrogen-bond acceptors (Lipinski definition) is 4. The molecule has 0 aliphatic carbocycles. The summed E-state index contributed by atoms with van der Waals surface area (Å²) in [5.74, 6) is 0.655. The van der Waals surface area contributed by atoms with Crippen LogP contribution in [0.5, 0.6) is 0 Å². The fraction of sp³-hybridized carbons (Fsp3) is 0.